The van der Waals surface area contributed by atoms with Gasteiger partial charge in [-0.25, -0.2) is 4.98 Å². The van der Waals surface area contributed by atoms with E-state index >= 15 is 0 Å². The zero-order valence-electron chi connectivity index (χ0n) is 11.2. The summed E-state index contributed by atoms with van der Waals surface area (Å²) in [7, 11) is 0. The summed E-state index contributed by atoms with van der Waals surface area (Å²) in [5.41, 5.74) is 7.39. The Balaban J connectivity index is 1.90. The number of nitrogens with two attached hydrogens (primary N) is 1. The molecule has 1 aliphatic rings. The van der Waals surface area contributed by atoms with Gasteiger partial charge in [-0.2, -0.15) is 0 Å². The second-order valence-corrected chi connectivity index (χ2v) is 6.43. The number of rotatable bonds is 2. The van der Waals surface area contributed by atoms with E-state index in [0.717, 1.165) is 34.1 Å². The van der Waals surface area contributed by atoms with E-state index in [0.29, 0.717) is 0 Å². The van der Waals surface area contributed by atoms with Gasteiger partial charge in [0.25, 0.3) is 0 Å². The highest BCUT2D eigenvalue weighted by atomic mass is 32.1. The summed E-state index contributed by atoms with van der Waals surface area (Å²) in [5.74, 6) is 0.835. The van der Waals surface area contributed by atoms with Crippen LogP contribution < -0.4 is 5.73 Å². The van der Waals surface area contributed by atoms with Gasteiger partial charge < -0.3 is 10.3 Å². The Morgan fingerprint density at radius 1 is 1.21 bits per heavy atom. The van der Waals surface area contributed by atoms with Crippen molar-refractivity contribution < 1.29 is 4.52 Å². The van der Waals surface area contributed by atoms with Crippen LogP contribution in [0.25, 0.3) is 10.4 Å². The van der Waals surface area contributed by atoms with Gasteiger partial charge in [-0.05, 0) is 19.8 Å². The molecule has 5 heteroatoms. The van der Waals surface area contributed by atoms with Crippen LogP contribution in [-0.4, -0.2) is 10.1 Å². The fourth-order valence-electron chi connectivity index (χ4n) is 2.74. The molecule has 1 fully saturated rings. The van der Waals surface area contributed by atoms with Gasteiger partial charge in [0, 0.05) is 6.20 Å². The maximum Gasteiger partial charge on any atom is 0.142 e. The van der Waals surface area contributed by atoms with Gasteiger partial charge in [-0.3, -0.25) is 0 Å². The van der Waals surface area contributed by atoms with E-state index in [9.17, 15) is 0 Å². The van der Waals surface area contributed by atoms with E-state index in [2.05, 4.69) is 10.1 Å². The zero-order chi connectivity index (χ0) is 13.3. The predicted molar refractivity (Wildman–Crippen MR) is 75.9 cm³/mol. The van der Waals surface area contributed by atoms with Crippen LogP contribution in [0.4, 0.5) is 0 Å². The monoisotopic (exact) mass is 277 g/mol. The standard InChI is InChI=1S/C14H19N3OS/c1-10-11(8-17-18-10)12-9-16-13(19-12)14(15)6-4-2-3-5-7-14/h8-9H,2-7,15H2,1H3. The highest BCUT2D eigenvalue weighted by Gasteiger charge is 2.31. The average molecular weight is 277 g/mol. The topological polar surface area (TPSA) is 64.9 Å². The second-order valence-electron chi connectivity index (χ2n) is 5.40. The molecule has 102 valence electrons. The minimum Gasteiger partial charge on any atom is -0.361 e. The molecule has 0 radical (unpaired) electrons. The number of nitrogens with zero attached hydrogens (tertiary/aromatic N) is 2. The third kappa shape index (κ3) is 2.44. The van der Waals surface area contributed by atoms with E-state index in [-0.39, 0.29) is 5.54 Å². The average Bonchev–Trinajstić information content (AvgIpc) is 2.97. The van der Waals surface area contributed by atoms with E-state index < -0.39 is 0 Å². The Kier molecular flexibility index (Phi) is 3.41. The van der Waals surface area contributed by atoms with Crippen LogP contribution in [0.3, 0.4) is 0 Å². The van der Waals surface area contributed by atoms with Gasteiger partial charge in [-0.15, -0.1) is 11.3 Å². The van der Waals surface area contributed by atoms with Crippen molar-refractivity contribution in [2.45, 2.75) is 51.0 Å². The lowest BCUT2D eigenvalue weighted by Crippen LogP contribution is -2.35. The van der Waals surface area contributed by atoms with Crippen LogP contribution >= 0.6 is 11.3 Å². The maximum absolute atomic E-state index is 6.59. The Morgan fingerprint density at radius 2 is 1.95 bits per heavy atom. The molecule has 0 bridgehead atoms. The van der Waals surface area contributed by atoms with Crippen LogP contribution in [0.1, 0.15) is 49.3 Å². The van der Waals surface area contributed by atoms with Gasteiger partial charge >= 0.3 is 0 Å². The van der Waals surface area contributed by atoms with Crippen molar-refractivity contribution in [3.63, 3.8) is 0 Å². The molecule has 2 aromatic rings. The lowest BCUT2D eigenvalue weighted by molar-refractivity contribution is 0.384. The van der Waals surface area contributed by atoms with Crippen LogP contribution in [0.15, 0.2) is 16.9 Å². The molecule has 0 atom stereocenters. The zero-order valence-corrected chi connectivity index (χ0v) is 12.0. The summed E-state index contributed by atoms with van der Waals surface area (Å²) in [6.07, 6.45) is 10.7. The van der Waals surface area contributed by atoms with Crippen molar-refractivity contribution in [3.05, 3.63) is 23.2 Å². The Hall–Kier alpha value is -1.20. The van der Waals surface area contributed by atoms with Gasteiger partial charge in [0.2, 0.25) is 0 Å². The third-order valence-corrected chi connectivity index (χ3v) is 5.19. The quantitative estimate of drug-likeness (QED) is 0.851. The normalized spacial score (nSPS) is 19.3. The minimum atomic E-state index is -0.232. The van der Waals surface area contributed by atoms with E-state index in [1.54, 1.807) is 17.5 Å². The second kappa shape index (κ2) is 5.06. The van der Waals surface area contributed by atoms with Crippen LogP contribution in [0, 0.1) is 6.92 Å². The molecule has 3 rings (SSSR count). The fourth-order valence-corrected chi connectivity index (χ4v) is 3.87. The van der Waals surface area contributed by atoms with Crippen LogP contribution in [0.5, 0.6) is 0 Å². The van der Waals surface area contributed by atoms with Crippen molar-refractivity contribution in [2.24, 2.45) is 5.73 Å². The number of hydrogen-bond donors (Lipinski definition) is 1. The first-order valence-corrected chi connectivity index (χ1v) is 7.67. The molecule has 0 saturated heterocycles. The van der Waals surface area contributed by atoms with Gasteiger partial charge in [0.05, 0.1) is 22.2 Å². The molecule has 0 amide bonds. The largest absolute Gasteiger partial charge is 0.361 e. The molecule has 1 saturated carbocycles. The van der Waals surface area contributed by atoms with E-state index in [4.69, 9.17) is 10.3 Å². The fraction of sp³-hybridized carbons (Fsp3) is 0.571. The lowest BCUT2D eigenvalue weighted by Gasteiger charge is -2.25. The first kappa shape index (κ1) is 12.8. The summed E-state index contributed by atoms with van der Waals surface area (Å²) >= 11 is 1.68. The predicted octanol–water partition coefficient (Wildman–Crippen LogP) is 3.61. The molecule has 2 N–H and O–H groups in total. The number of aromatic nitrogens is 2. The molecule has 0 aromatic carbocycles. The van der Waals surface area contributed by atoms with Crippen LogP contribution in [-0.2, 0) is 5.54 Å². The molecule has 0 spiro atoms. The van der Waals surface area contributed by atoms with Crippen molar-refractivity contribution in [2.75, 3.05) is 0 Å². The molecule has 0 aliphatic heterocycles. The SMILES string of the molecule is Cc1oncc1-c1cnc(C2(N)CCCCCC2)s1. The van der Waals surface area contributed by atoms with Gasteiger partial charge in [-0.1, -0.05) is 30.8 Å². The molecular weight excluding hydrogens is 258 g/mol. The highest BCUT2D eigenvalue weighted by molar-refractivity contribution is 7.15. The van der Waals surface area contributed by atoms with Crippen molar-refractivity contribution in [1.29, 1.82) is 0 Å². The Labute approximate surface area is 117 Å². The third-order valence-electron chi connectivity index (χ3n) is 3.94. The molecule has 0 unspecified atom stereocenters. The smallest absolute Gasteiger partial charge is 0.142 e. The lowest BCUT2D eigenvalue weighted by atomic mass is 9.92. The first-order chi connectivity index (χ1) is 9.19. The Bertz CT molecular complexity index is 553. The van der Waals surface area contributed by atoms with Crippen molar-refractivity contribution in [3.8, 4) is 10.4 Å². The molecule has 1 aliphatic carbocycles. The molecule has 2 aromatic heterocycles. The molecule has 4 nitrogen and oxygen atoms in total. The number of aryl methyl sites for hydroxylation is 1. The Morgan fingerprint density at radius 3 is 2.58 bits per heavy atom. The maximum atomic E-state index is 6.59. The van der Waals surface area contributed by atoms with E-state index in [1.807, 2.05) is 13.1 Å². The molecule has 2 heterocycles. The first-order valence-electron chi connectivity index (χ1n) is 6.86. The molecular formula is C14H19N3OS. The number of hydrogen-bond acceptors (Lipinski definition) is 5. The summed E-state index contributed by atoms with van der Waals surface area (Å²) in [5, 5.41) is 4.89. The summed E-state index contributed by atoms with van der Waals surface area (Å²) < 4.78 is 5.12. The molecule has 19 heavy (non-hydrogen) atoms. The van der Waals surface area contributed by atoms with Gasteiger partial charge in [0.1, 0.15) is 10.8 Å². The van der Waals surface area contributed by atoms with Crippen molar-refractivity contribution in [1.82, 2.24) is 10.1 Å². The minimum absolute atomic E-state index is 0.232. The summed E-state index contributed by atoms with van der Waals surface area (Å²) in [6, 6.07) is 0. The van der Waals surface area contributed by atoms with Gasteiger partial charge in [0.15, 0.2) is 0 Å². The van der Waals surface area contributed by atoms with E-state index in [1.165, 1.54) is 25.7 Å². The summed E-state index contributed by atoms with van der Waals surface area (Å²) in [6.45, 7) is 1.92. The van der Waals surface area contributed by atoms with Crippen LogP contribution in [0.2, 0.25) is 0 Å². The highest BCUT2D eigenvalue weighted by Crippen LogP contribution is 2.38. The van der Waals surface area contributed by atoms with Crippen molar-refractivity contribution >= 4 is 11.3 Å². The summed E-state index contributed by atoms with van der Waals surface area (Å²) in [4.78, 5) is 5.67. The number of thiazole rings is 1.